The van der Waals surface area contributed by atoms with Crippen molar-refractivity contribution in [3.05, 3.63) is 33.8 Å². The van der Waals surface area contributed by atoms with E-state index >= 15 is 0 Å². The Bertz CT molecular complexity index is 491. The van der Waals surface area contributed by atoms with Crippen LogP contribution in [-0.2, 0) is 6.54 Å². The molecule has 0 radical (unpaired) electrons. The zero-order chi connectivity index (χ0) is 14.9. The lowest BCUT2D eigenvalue weighted by Crippen LogP contribution is -2.61. The molecule has 1 unspecified atom stereocenters. The third kappa shape index (κ3) is 3.38. The van der Waals surface area contributed by atoms with E-state index in [4.69, 9.17) is 0 Å². The first-order valence-corrected chi connectivity index (χ1v) is 7.75. The van der Waals surface area contributed by atoms with Gasteiger partial charge in [0.1, 0.15) is 11.6 Å². The van der Waals surface area contributed by atoms with Crippen molar-refractivity contribution in [2.45, 2.75) is 45.3 Å². The van der Waals surface area contributed by atoms with Crippen LogP contribution in [0.25, 0.3) is 0 Å². The van der Waals surface area contributed by atoms with Crippen LogP contribution in [0, 0.1) is 11.6 Å². The fourth-order valence-electron chi connectivity index (χ4n) is 2.72. The van der Waals surface area contributed by atoms with E-state index in [0.29, 0.717) is 17.1 Å². The average molecular weight is 347 g/mol. The van der Waals surface area contributed by atoms with Gasteiger partial charge >= 0.3 is 0 Å². The predicted molar refractivity (Wildman–Crippen MR) is 80.6 cm³/mol. The van der Waals surface area contributed by atoms with Crippen molar-refractivity contribution in [1.82, 2.24) is 10.2 Å². The Hall–Kier alpha value is -0.520. The highest BCUT2D eigenvalue weighted by molar-refractivity contribution is 9.10. The van der Waals surface area contributed by atoms with Gasteiger partial charge in [0.15, 0.2) is 0 Å². The molecule has 0 aliphatic carbocycles. The molecule has 1 N–H and O–H groups in total. The topological polar surface area (TPSA) is 15.3 Å². The molecule has 1 aliphatic heterocycles. The third-order valence-electron chi connectivity index (χ3n) is 3.90. The molecule has 0 bridgehead atoms. The summed E-state index contributed by atoms with van der Waals surface area (Å²) in [4.78, 5) is 2.17. The lowest BCUT2D eigenvalue weighted by atomic mass is 9.97. The molecule has 5 heteroatoms. The van der Waals surface area contributed by atoms with Crippen molar-refractivity contribution in [3.8, 4) is 0 Å². The van der Waals surface area contributed by atoms with Crippen LogP contribution in [0.2, 0.25) is 0 Å². The highest BCUT2D eigenvalue weighted by Crippen LogP contribution is 2.26. The molecule has 1 fully saturated rings. The van der Waals surface area contributed by atoms with E-state index in [9.17, 15) is 8.78 Å². The molecule has 1 aromatic rings. The zero-order valence-corrected chi connectivity index (χ0v) is 13.7. The van der Waals surface area contributed by atoms with Gasteiger partial charge in [-0.2, -0.15) is 0 Å². The molecule has 112 valence electrons. The van der Waals surface area contributed by atoms with Crippen molar-refractivity contribution in [1.29, 1.82) is 0 Å². The maximum absolute atomic E-state index is 14.1. The second kappa shape index (κ2) is 6.08. The Balaban J connectivity index is 2.25. The summed E-state index contributed by atoms with van der Waals surface area (Å²) < 4.78 is 28.3. The SMILES string of the molecule is CCC1CNC(C)(C)CN1Cc1c(F)ccc(Br)c1F. The maximum Gasteiger partial charge on any atom is 0.144 e. The summed E-state index contributed by atoms with van der Waals surface area (Å²) in [6.45, 7) is 8.25. The molecule has 1 saturated heterocycles. The van der Waals surface area contributed by atoms with Gasteiger partial charge < -0.3 is 5.32 Å². The van der Waals surface area contributed by atoms with Gasteiger partial charge in [-0.25, -0.2) is 8.78 Å². The zero-order valence-electron chi connectivity index (χ0n) is 12.1. The van der Waals surface area contributed by atoms with E-state index in [2.05, 4.69) is 46.9 Å². The number of hydrogen-bond donors (Lipinski definition) is 1. The number of nitrogens with zero attached hydrogens (tertiary/aromatic N) is 1. The number of nitrogens with one attached hydrogen (secondary N) is 1. The number of hydrogen-bond acceptors (Lipinski definition) is 2. The lowest BCUT2D eigenvalue weighted by Gasteiger charge is -2.44. The summed E-state index contributed by atoms with van der Waals surface area (Å²) in [5.74, 6) is -0.965. The Morgan fingerprint density at radius 2 is 2.10 bits per heavy atom. The van der Waals surface area contributed by atoms with Gasteiger partial charge in [0.25, 0.3) is 0 Å². The van der Waals surface area contributed by atoms with E-state index in [1.54, 1.807) is 0 Å². The summed E-state index contributed by atoms with van der Waals surface area (Å²) >= 11 is 3.13. The highest BCUT2D eigenvalue weighted by Gasteiger charge is 2.32. The van der Waals surface area contributed by atoms with Crippen LogP contribution in [0.1, 0.15) is 32.8 Å². The number of halogens is 3. The molecule has 1 atom stereocenters. The molecule has 0 aromatic heterocycles. The molecule has 1 aromatic carbocycles. The Kier molecular flexibility index (Phi) is 4.82. The summed E-state index contributed by atoms with van der Waals surface area (Å²) in [6.07, 6.45) is 0.959. The van der Waals surface area contributed by atoms with Gasteiger partial charge in [-0.1, -0.05) is 6.92 Å². The van der Waals surface area contributed by atoms with Crippen LogP contribution in [0.3, 0.4) is 0 Å². The van der Waals surface area contributed by atoms with Gasteiger partial charge in [0.2, 0.25) is 0 Å². The van der Waals surface area contributed by atoms with Crippen molar-refractivity contribution in [2.75, 3.05) is 13.1 Å². The molecule has 0 saturated carbocycles. The Morgan fingerprint density at radius 1 is 1.40 bits per heavy atom. The van der Waals surface area contributed by atoms with E-state index in [0.717, 1.165) is 19.5 Å². The fourth-order valence-corrected chi connectivity index (χ4v) is 3.09. The first kappa shape index (κ1) is 15.9. The minimum Gasteiger partial charge on any atom is -0.309 e. The summed E-state index contributed by atoms with van der Waals surface area (Å²) in [5, 5.41) is 3.48. The number of rotatable bonds is 3. The number of piperazine rings is 1. The molecule has 1 aliphatic rings. The van der Waals surface area contributed by atoms with Crippen LogP contribution in [0.5, 0.6) is 0 Å². The van der Waals surface area contributed by atoms with Crippen LogP contribution < -0.4 is 5.32 Å². The van der Waals surface area contributed by atoms with Gasteiger partial charge in [-0.15, -0.1) is 0 Å². The number of benzene rings is 1. The van der Waals surface area contributed by atoms with Gasteiger partial charge in [-0.05, 0) is 48.3 Å². The standard InChI is InChI=1S/C15H21BrF2N2/c1-4-10-7-19-15(2,3)9-20(10)8-11-13(17)6-5-12(16)14(11)18/h5-6,10,19H,4,7-9H2,1-3H3. The van der Waals surface area contributed by atoms with Crippen LogP contribution >= 0.6 is 15.9 Å². The lowest BCUT2D eigenvalue weighted by molar-refractivity contribution is 0.0836. The second-order valence-corrected chi connectivity index (χ2v) is 6.91. The Labute approximate surface area is 127 Å². The summed E-state index contributed by atoms with van der Waals surface area (Å²) in [6, 6.07) is 3.03. The quantitative estimate of drug-likeness (QED) is 0.839. The van der Waals surface area contributed by atoms with Crippen LogP contribution in [-0.4, -0.2) is 29.6 Å². The minimum absolute atomic E-state index is 0.0371. The largest absolute Gasteiger partial charge is 0.309 e. The maximum atomic E-state index is 14.1. The van der Waals surface area contributed by atoms with Crippen molar-refractivity contribution >= 4 is 15.9 Å². The molecule has 0 spiro atoms. The molecular formula is C15H21BrF2N2. The molecule has 20 heavy (non-hydrogen) atoms. The first-order valence-electron chi connectivity index (χ1n) is 6.95. The van der Waals surface area contributed by atoms with Crippen LogP contribution in [0.15, 0.2) is 16.6 Å². The molecule has 2 rings (SSSR count). The molecule has 2 nitrogen and oxygen atoms in total. The monoisotopic (exact) mass is 346 g/mol. The summed E-state index contributed by atoms with van der Waals surface area (Å²) in [5.41, 5.74) is 0.112. The van der Waals surface area contributed by atoms with Gasteiger partial charge in [-0.3, -0.25) is 4.90 Å². The van der Waals surface area contributed by atoms with Crippen molar-refractivity contribution in [3.63, 3.8) is 0 Å². The van der Waals surface area contributed by atoms with E-state index in [1.807, 2.05) is 0 Å². The summed E-state index contributed by atoms with van der Waals surface area (Å²) in [7, 11) is 0. The highest BCUT2D eigenvalue weighted by atomic mass is 79.9. The predicted octanol–water partition coefficient (Wildman–Crippen LogP) is 3.69. The molecular weight excluding hydrogens is 326 g/mol. The van der Waals surface area contributed by atoms with Crippen molar-refractivity contribution < 1.29 is 8.78 Å². The first-order chi connectivity index (χ1) is 9.34. The van der Waals surface area contributed by atoms with E-state index in [1.165, 1.54) is 12.1 Å². The van der Waals surface area contributed by atoms with Crippen molar-refractivity contribution in [2.24, 2.45) is 0 Å². The fraction of sp³-hybridized carbons (Fsp3) is 0.600. The smallest absolute Gasteiger partial charge is 0.144 e. The second-order valence-electron chi connectivity index (χ2n) is 6.05. The average Bonchev–Trinajstić information content (AvgIpc) is 2.38. The third-order valence-corrected chi connectivity index (χ3v) is 4.51. The minimum atomic E-state index is -0.490. The van der Waals surface area contributed by atoms with E-state index in [-0.39, 0.29) is 11.1 Å². The van der Waals surface area contributed by atoms with E-state index < -0.39 is 11.6 Å². The Morgan fingerprint density at radius 3 is 2.75 bits per heavy atom. The molecule has 0 amide bonds. The molecule has 1 heterocycles. The van der Waals surface area contributed by atoms with Gasteiger partial charge in [0, 0.05) is 36.8 Å². The normalized spacial score (nSPS) is 23.0. The van der Waals surface area contributed by atoms with Crippen LogP contribution in [0.4, 0.5) is 8.78 Å². The van der Waals surface area contributed by atoms with Gasteiger partial charge in [0.05, 0.1) is 4.47 Å².